The van der Waals surface area contributed by atoms with Crippen LogP contribution in [0.3, 0.4) is 0 Å². The van der Waals surface area contributed by atoms with Crippen LogP contribution in [0.2, 0.25) is 0 Å². The molecule has 5 rings (SSSR count). The van der Waals surface area contributed by atoms with Crippen LogP contribution in [0.1, 0.15) is 23.6 Å². The van der Waals surface area contributed by atoms with Crippen LogP contribution in [0.5, 0.6) is 5.75 Å². The van der Waals surface area contributed by atoms with E-state index in [1.165, 1.54) is 30.3 Å². The van der Waals surface area contributed by atoms with Gasteiger partial charge in [-0.05, 0) is 41.0 Å². The highest BCUT2D eigenvalue weighted by Crippen LogP contribution is 2.39. The highest BCUT2D eigenvalue weighted by Gasteiger charge is 2.40. The predicted molar refractivity (Wildman–Crippen MR) is 130 cm³/mol. The molecule has 10 heteroatoms. The Hall–Kier alpha value is -3.79. The van der Waals surface area contributed by atoms with Crippen LogP contribution in [-0.2, 0) is 9.53 Å². The van der Waals surface area contributed by atoms with Gasteiger partial charge in [0.05, 0.1) is 30.7 Å². The molecule has 0 saturated carbocycles. The maximum Gasteiger partial charge on any atom is 0.573 e. The fourth-order valence-corrected chi connectivity index (χ4v) is 4.84. The molecule has 0 bridgehead atoms. The molecule has 0 radical (unpaired) electrons. The van der Waals surface area contributed by atoms with Crippen LogP contribution >= 0.6 is 0 Å². The van der Waals surface area contributed by atoms with E-state index in [1.54, 1.807) is 29.2 Å². The van der Waals surface area contributed by atoms with Crippen molar-refractivity contribution in [1.29, 1.82) is 0 Å². The molecular weight excluding hydrogens is 507 g/mol. The second-order valence-corrected chi connectivity index (χ2v) is 9.06. The lowest BCUT2D eigenvalue weighted by molar-refractivity contribution is -0.274. The number of nitrogens with zero attached hydrogens (tertiary/aromatic N) is 2. The number of carbonyl (C=O) groups excluding carboxylic acids is 1. The molecule has 3 aromatic rings. The Morgan fingerprint density at radius 1 is 0.895 bits per heavy atom. The molecular formula is C28H23F5N2O3. The first kappa shape index (κ1) is 25.8. The molecule has 0 spiro atoms. The van der Waals surface area contributed by atoms with E-state index in [4.69, 9.17) is 4.74 Å². The molecule has 0 aromatic heterocycles. The minimum Gasteiger partial charge on any atom is -0.406 e. The highest BCUT2D eigenvalue weighted by molar-refractivity contribution is 6.05. The summed E-state index contributed by atoms with van der Waals surface area (Å²) in [5.41, 5.74) is 2.04. The Balaban J connectivity index is 1.43. The van der Waals surface area contributed by atoms with Crippen molar-refractivity contribution in [3.05, 3.63) is 89.5 Å². The summed E-state index contributed by atoms with van der Waals surface area (Å²) in [7, 11) is 0. The summed E-state index contributed by atoms with van der Waals surface area (Å²) >= 11 is 0. The number of ether oxygens (including phenoxy) is 2. The highest BCUT2D eigenvalue weighted by atomic mass is 19.4. The fourth-order valence-electron chi connectivity index (χ4n) is 4.84. The molecule has 1 saturated heterocycles. The molecule has 2 heterocycles. The Bertz CT molecular complexity index is 1310. The number of hydrogen-bond donors (Lipinski definition) is 0. The van der Waals surface area contributed by atoms with E-state index in [0.29, 0.717) is 37.4 Å². The predicted octanol–water partition coefficient (Wildman–Crippen LogP) is 5.94. The number of alkyl halides is 3. The van der Waals surface area contributed by atoms with Crippen molar-refractivity contribution in [3.63, 3.8) is 0 Å². The molecule has 1 fully saturated rings. The van der Waals surface area contributed by atoms with E-state index < -0.39 is 30.0 Å². The zero-order chi connectivity index (χ0) is 26.9. The third kappa shape index (κ3) is 5.55. The van der Waals surface area contributed by atoms with Gasteiger partial charge in [-0.15, -0.1) is 13.2 Å². The van der Waals surface area contributed by atoms with E-state index >= 15 is 0 Å². The second-order valence-electron chi connectivity index (χ2n) is 9.06. The third-order valence-corrected chi connectivity index (χ3v) is 6.65. The molecule has 1 amide bonds. The van der Waals surface area contributed by atoms with Crippen LogP contribution in [-0.4, -0.2) is 49.2 Å². The van der Waals surface area contributed by atoms with Gasteiger partial charge in [-0.25, -0.2) is 8.78 Å². The van der Waals surface area contributed by atoms with Gasteiger partial charge in [0.2, 0.25) is 5.91 Å². The van der Waals surface area contributed by atoms with Gasteiger partial charge in [-0.2, -0.15) is 0 Å². The molecule has 38 heavy (non-hydrogen) atoms. The molecule has 2 aliphatic heterocycles. The first-order valence-corrected chi connectivity index (χ1v) is 12.0. The third-order valence-electron chi connectivity index (χ3n) is 6.65. The average molecular weight is 530 g/mol. The molecule has 0 N–H and O–H groups in total. The number of halogens is 5. The van der Waals surface area contributed by atoms with Crippen molar-refractivity contribution in [3.8, 4) is 16.9 Å². The van der Waals surface area contributed by atoms with Crippen LogP contribution in [0.15, 0.2) is 71.7 Å². The minimum atomic E-state index is -4.77. The molecule has 3 aromatic carbocycles. The summed E-state index contributed by atoms with van der Waals surface area (Å²) in [6, 6.07) is 15.5. The van der Waals surface area contributed by atoms with Crippen molar-refractivity contribution in [1.82, 2.24) is 4.90 Å². The van der Waals surface area contributed by atoms with Crippen LogP contribution in [0.25, 0.3) is 11.1 Å². The summed E-state index contributed by atoms with van der Waals surface area (Å²) in [5.74, 6) is -2.61. The lowest BCUT2D eigenvalue weighted by Crippen LogP contribution is -2.44. The Labute approximate surface area is 215 Å². The Morgan fingerprint density at radius 3 is 2.05 bits per heavy atom. The zero-order valence-corrected chi connectivity index (χ0v) is 20.1. The van der Waals surface area contributed by atoms with E-state index in [0.717, 1.165) is 17.7 Å². The van der Waals surface area contributed by atoms with Gasteiger partial charge < -0.3 is 14.4 Å². The van der Waals surface area contributed by atoms with Gasteiger partial charge in [0.1, 0.15) is 17.4 Å². The van der Waals surface area contributed by atoms with E-state index in [2.05, 4.69) is 9.73 Å². The summed E-state index contributed by atoms with van der Waals surface area (Å²) in [4.78, 5) is 19.8. The summed E-state index contributed by atoms with van der Waals surface area (Å²) < 4.78 is 75.7. The number of amides is 1. The number of benzene rings is 3. The molecule has 1 unspecified atom stereocenters. The normalized spacial score (nSPS) is 19.8. The summed E-state index contributed by atoms with van der Waals surface area (Å²) in [6.07, 6.45) is -4.69. The molecule has 2 aliphatic rings. The van der Waals surface area contributed by atoms with E-state index in [1.807, 2.05) is 0 Å². The smallest absolute Gasteiger partial charge is 0.406 e. The number of carbonyl (C=O) groups is 1. The van der Waals surface area contributed by atoms with E-state index in [9.17, 15) is 26.7 Å². The Kier molecular flexibility index (Phi) is 7.16. The fraction of sp³-hybridized carbons (Fsp3) is 0.286. The lowest BCUT2D eigenvalue weighted by atomic mass is 9.89. The van der Waals surface area contributed by atoms with E-state index in [-0.39, 0.29) is 29.4 Å². The minimum absolute atomic E-state index is 0.0845. The number of hydrogen-bond acceptors (Lipinski definition) is 4. The van der Waals surface area contributed by atoms with Gasteiger partial charge in [0, 0.05) is 25.2 Å². The molecule has 2 atom stereocenters. The van der Waals surface area contributed by atoms with Crippen molar-refractivity contribution in [2.24, 2.45) is 10.9 Å². The Morgan fingerprint density at radius 2 is 1.47 bits per heavy atom. The average Bonchev–Trinajstić information content (AvgIpc) is 3.33. The van der Waals surface area contributed by atoms with Crippen molar-refractivity contribution < 1.29 is 36.2 Å². The van der Waals surface area contributed by atoms with Crippen molar-refractivity contribution in [2.45, 2.75) is 18.8 Å². The molecule has 0 aliphatic carbocycles. The molecule has 5 nitrogen and oxygen atoms in total. The first-order chi connectivity index (χ1) is 18.2. The summed E-state index contributed by atoms with van der Waals surface area (Å²) in [5, 5.41) is 0. The van der Waals surface area contributed by atoms with Gasteiger partial charge >= 0.3 is 6.36 Å². The standard InChI is InChI=1S/C28H23F5N2O3/c29-22-2-1-3-23(30)25(22)24-16-21(27(36)35-12-14-37-15-13-35)26(34-24)19-6-4-17(5-7-19)18-8-10-20(11-9-18)38-28(31,32)33/h1-11,21,26H,12-16H2/t21-,26?/m0/s1. The zero-order valence-electron chi connectivity index (χ0n) is 20.1. The maximum atomic E-state index is 14.6. The van der Waals surface area contributed by atoms with Crippen LogP contribution < -0.4 is 4.74 Å². The van der Waals surface area contributed by atoms with Gasteiger partial charge in [0.15, 0.2) is 0 Å². The van der Waals surface area contributed by atoms with Crippen molar-refractivity contribution in [2.75, 3.05) is 26.3 Å². The number of rotatable bonds is 5. The SMILES string of the molecule is O=C([C@H]1CC(c2c(F)cccc2F)=NC1c1ccc(-c2ccc(OC(F)(F)F)cc2)cc1)N1CCOCC1. The van der Waals surface area contributed by atoms with Crippen LogP contribution in [0.4, 0.5) is 22.0 Å². The quantitative estimate of drug-likeness (QED) is 0.384. The van der Waals surface area contributed by atoms with Gasteiger partial charge in [-0.3, -0.25) is 9.79 Å². The lowest BCUT2D eigenvalue weighted by Gasteiger charge is -2.30. The monoisotopic (exact) mass is 530 g/mol. The van der Waals surface area contributed by atoms with Crippen molar-refractivity contribution >= 4 is 11.6 Å². The number of morpholine rings is 1. The first-order valence-electron chi connectivity index (χ1n) is 12.0. The largest absolute Gasteiger partial charge is 0.573 e. The van der Waals surface area contributed by atoms with Gasteiger partial charge in [0.25, 0.3) is 0 Å². The maximum absolute atomic E-state index is 14.6. The van der Waals surface area contributed by atoms with Crippen LogP contribution in [0, 0.1) is 17.6 Å². The number of aliphatic imine (C=N–C) groups is 1. The molecule has 198 valence electrons. The van der Waals surface area contributed by atoms with Gasteiger partial charge in [-0.1, -0.05) is 42.5 Å². The summed E-state index contributed by atoms with van der Waals surface area (Å²) in [6.45, 7) is 1.69. The topological polar surface area (TPSA) is 51.1 Å². The second kappa shape index (κ2) is 10.5.